The first-order chi connectivity index (χ1) is 17.6. The van der Waals surface area contributed by atoms with Crippen molar-refractivity contribution in [1.82, 2.24) is 15.5 Å². The number of rotatable bonds is 14. The maximum atomic E-state index is 13.5. The van der Waals surface area contributed by atoms with Crippen LogP contribution < -0.4 is 22.1 Å². The maximum Gasteiger partial charge on any atom is 0.326 e. The first kappa shape index (κ1) is 30.0. The number of carbonyl (C=O) groups excluding carboxylic acids is 3. The molecule has 5 unspecified atom stereocenters. The minimum absolute atomic E-state index is 0.0588. The minimum atomic E-state index is -1.09. The highest BCUT2D eigenvalue weighted by Gasteiger charge is 2.39. The number of hydrogen-bond donors (Lipinski definition) is 6. The number of nitrogens with zero attached hydrogens (tertiary/aromatic N) is 1. The van der Waals surface area contributed by atoms with E-state index in [2.05, 4.69) is 10.6 Å². The molecule has 11 heteroatoms. The van der Waals surface area contributed by atoms with Crippen LogP contribution in [0.3, 0.4) is 0 Å². The number of amides is 3. The molecule has 37 heavy (non-hydrogen) atoms. The molecular formula is C26H41N5O6. The second-order valence-corrected chi connectivity index (χ2v) is 9.72. The number of carbonyl (C=O) groups is 4. The molecule has 1 aliphatic rings. The Bertz CT molecular complexity index is 925. The van der Waals surface area contributed by atoms with Crippen LogP contribution in [0.4, 0.5) is 0 Å². The van der Waals surface area contributed by atoms with Crippen LogP contribution in [0.2, 0.25) is 0 Å². The SMILES string of the molecule is CCC(C)C(NC(=O)C(N)CCCCN)C(=O)NC(Cc1ccc(O)cc1)C(=O)N1CCCC1C(=O)O. The number of aromatic hydroxyl groups is 1. The zero-order valence-electron chi connectivity index (χ0n) is 21.7. The van der Waals surface area contributed by atoms with Crippen molar-refractivity contribution in [1.29, 1.82) is 0 Å². The second kappa shape index (κ2) is 14.5. The van der Waals surface area contributed by atoms with E-state index in [4.69, 9.17) is 11.5 Å². The number of carboxylic acid groups (broad SMARTS) is 1. The number of carboxylic acids is 1. The van der Waals surface area contributed by atoms with Gasteiger partial charge in [-0.05, 0) is 55.8 Å². The first-order valence-electron chi connectivity index (χ1n) is 13.0. The molecule has 1 fully saturated rings. The number of nitrogens with two attached hydrogens (primary N) is 2. The van der Waals surface area contributed by atoms with Crippen molar-refractivity contribution in [2.45, 2.75) is 83.0 Å². The molecule has 1 aromatic rings. The molecule has 0 bridgehead atoms. The molecule has 0 spiro atoms. The Morgan fingerprint density at radius 2 is 1.78 bits per heavy atom. The molecule has 11 nitrogen and oxygen atoms in total. The molecule has 0 aliphatic carbocycles. The summed E-state index contributed by atoms with van der Waals surface area (Å²) in [6.07, 6.45) is 3.44. The molecule has 1 aliphatic heterocycles. The van der Waals surface area contributed by atoms with E-state index >= 15 is 0 Å². The largest absolute Gasteiger partial charge is 0.508 e. The van der Waals surface area contributed by atoms with Crippen molar-refractivity contribution in [2.75, 3.05) is 13.1 Å². The number of nitrogens with one attached hydrogen (secondary N) is 2. The van der Waals surface area contributed by atoms with Crippen LogP contribution in [0.1, 0.15) is 57.9 Å². The average Bonchev–Trinajstić information content (AvgIpc) is 3.37. The molecule has 206 valence electrons. The van der Waals surface area contributed by atoms with Crippen molar-refractivity contribution in [3.05, 3.63) is 29.8 Å². The molecule has 2 rings (SSSR count). The Hall–Kier alpha value is -3.18. The monoisotopic (exact) mass is 519 g/mol. The minimum Gasteiger partial charge on any atom is -0.508 e. The van der Waals surface area contributed by atoms with E-state index in [0.717, 1.165) is 6.42 Å². The van der Waals surface area contributed by atoms with Gasteiger partial charge in [-0.15, -0.1) is 0 Å². The summed E-state index contributed by atoms with van der Waals surface area (Å²) < 4.78 is 0. The normalized spacial score (nSPS) is 18.5. The number of likely N-dealkylation sites (tertiary alicyclic amines) is 1. The van der Waals surface area contributed by atoms with Crippen LogP contribution in [0.5, 0.6) is 5.75 Å². The lowest BCUT2D eigenvalue weighted by atomic mass is 9.96. The Kier molecular flexibility index (Phi) is 11.8. The summed E-state index contributed by atoms with van der Waals surface area (Å²) in [5.41, 5.74) is 12.2. The zero-order chi connectivity index (χ0) is 27.5. The highest BCUT2D eigenvalue weighted by atomic mass is 16.4. The van der Waals surface area contributed by atoms with Gasteiger partial charge in [-0.25, -0.2) is 4.79 Å². The van der Waals surface area contributed by atoms with E-state index in [-0.39, 0.29) is 24.6 Å². The summed E-state index contributed by atoms with van der Waals surface area (Å²) in [5, 5.41) is 24.7. The molecule has 5 atom stereocenters. The lowest BCUT2D eigenvalue weighted by Crippen LogP contribution is -2.59. The van der Waals surface area contributed by atoms with E-state index in [1.807, 2.05) is 13.8 Å². The molecule has 0 aromatic heterocycles. The van der Waals surface area contributed by atoms with Crippen LogP contribution in [-0.2, 0) is 25.6 Å². The van der Waals surface area contributed by atoms with Crippen LogP contribution >= 0.6 is 0 Å². The molecule has 1 saturated heterocycles. The van der Waals surface area contributed by atoms with Gasteiger partial charge in [0.05, 0.1) is 6.04 Å². The first-order valence-corrected chi connectivity index (χ1v) is 13.0. The third-order valence-electron chi connectivity index (χ3n) is 6.91. The van der Waals surface area contributed by atoms with Crippen molar-refractivity contribution in [2.24, 2.45) is 17.4 Å². The van der Waals surface area contributed by atoms with Gasteiger partial charge in [-0.2, -0.15) is 0 Å². The molecule has 1 aromatic carbocycles. The van der Waals surface area contributed by atoms with Crippen molar-refractivity contribution >= 4 is 23.7 Å². The lowest BCUT2D eigenvalue weighted by molar-refractivity contribution is -0.149. The topological polar surface area (TPSA) is 188 Å². The molecule has 0 saturated carbocycles. The quantitative estimate of drug-likeness (QED) is 0.191. The maximum absolute atomic E-state index is 13.5. The fourth-order valence-electron chi connectivity index (χ4n) is 4.42. The van der Waals surface area contributed by atoms with Gasteiger partial charge in [0, 0.05) is 13.0 Å². The third-order valence-corrected chi connectivity index (χ3v) is 6.91. The highest BCUT2D eigenvalue weighted by Crippen LogP contribution is 2.21. The van der Waals surface area contributed by atoms with E-state index in [1.165, 1.54) is 17.0 Å². The highest BCUT2D eigenvalue weighted by molar-refractivity contribution is 5.94. The molecule has 0 radical (unpaired) electrons. The van der Waals surface area contributed by atoms with Gasteiger partial charge in [0.2, 0.25) is 17.7 Å². The number of aliphatic carboxylic acids is 1. The Morgan fingerprint density at radius 3 is 2.38 bits per heavy atom. The van der Waals surface area contributed by atoms with Crippen LogP contribution in [0.15, 0.2) is 24.3 Å². The predicted molar refractivity (Wildman–Crippen MR) is 138 cm³/mol. The standard InChI is InChI=1S/C26H41N5O6/c1-3-16(2)22(30-23(33)19(28)7-4-5-13-27)24(34)29-20(15-17-9-11-18(32)12-10-17)25(35)31-14-6-8-21(31)26(36)37/h9-12,16,19-22,32H,3-8,13-15,27-28H2,1-2H3,(H,29,34)(H,30,33)(H,36,37). The van der Waals surface area contributed by atoms with Gasteiger partial charge in [0.25, 0.3) is 0 Å². The number of benzene rings is 1. The van der Waals surface area contributed by atoms with Crippen molar-refractivity contribution in [3.8, 4) is 5.75 Å². The summed E-state index contributed by atoms with van der Waals surface area (Å²) in [4.78, 5) is 52.6. The van der Waals surface area contributed by atoms with Crippen molar-refractivity contribution in [3.63, 3.8) is 0 Å². The van der Waals surface area contributed by atoms with Gasteiger partial charge < -0.3 is 37.2 Å². The average molecular weight is 520 g/mol. The zero-order valence-corrected chi connectivity index (χ0v) is 21.7. The van der Waals surface area contributed by atoms with Crippen LogP contribution in [0.25, 0.3) is 0 Å². The summed E-state index contributed by atoms with van der Waals surface area (Å²) in [7, 11) is 0. The van der Waals surface area contributed by atoms with Gasteiger partial charge >= 0.3 is 5.97 Å². The third kappa shape index (κ3) is 8.71. The number of phenolic OH excluding ortho intramolecular Hbond substituents is 1. The number of unbranched alkanes of at least 4 members (excludes halogenated alkanes) is 1. The van der Waals surface area contributed by atoms with Crippen molar-refractivity contribution < 1.29 is 29.4 Å². The van der Waals surface area contributed by atoms with E-state index < -0.39 is 47.9 Å². The van der Waals surface area contributed by atoms with Gasteiger partial charge in [-0.1, -0.05) is 38.8 Å². The van der Waals surface area contributed by atoms with Gasteiger partial charge in [0.15, 0.2) is 0 Å². The molecular weight excluding hydrogens is 478 g/mol. The Morgan fingerprint density at radius 1 is 1.11 bits per heavy atom. The van der Waals surface area contributed by atoms with E-state index in [0.29, 0.717) is 44.2 Å². The van der Waals surface area contributed by atoms with Crippen LogP contribution in [-0.4, -0.2) is 76.1 Å². The molecule has 8 N–H and O–H groups in total. The summed E-state index contributed by atoms with van der Waals surface area (Å²) in [6, 6.07) is 2.49. The number of phenols is 1. The van der Waals surface area contributed by atoms with Gasteiger partial charge in [0.1, 0.15) is 23.9 Å². The van der Waals surface area contributed by atoms with E-state index in [9.17, 15) is 29.4 Å². The Labute approximate surface area is 217 Å². The smallest absolute Gasteiger partial charge is 0.326 e. The van der Waals surface area contributed by atoms with Gasteiger partial charge in [-0.3, -0.25) is 14.4 Å². The second-order valence-electron chi connectivity index (χ2n) is 9.72. The molecule has 3 amide bonds. The Balaban J connectivity index is 2.24. The summed E-state index contributed by atoms with van der Waals surface area (Å²) in [6.45, 7) is 4.49. The van der Waals surface area contributed by atoms with E-state index in [1.54, 1.807) is 12.1 Å². The fourth-order valence-corrected chi connectivity index (χ4v) is 4.42. The lowest BCUT2D eigenvalue weighted by Gasteiger charge is -2.30. The summed E-state index contributed by atoms with van der Waals surface area (Å²) in [5.74, 6) is -2.77. The fraction of sp³-hybridized carbons (Fsp3) is 0.615. The summed E-state index contributed by atoms with van der Waals surface area (Å²) >= 11 is 0. The number of hydrogen-bond acceptors (Lipinski definition) is 7. The molecule has 1 heterocycles. The van der Waals surface area contributed by atoms with Crippen LogP contribution in [0, 0.1) is 5.92 Å². The predicted octanol–water partition coefficient (Wildman–Crippen LogP) is 0.482.